The molecule has 0 saturated carbocycles. The molecular formula is C15H14ClIO2. The molecular weight excluding hydrogens is 375 g/mol. The lowest BCUT2D eigenvalue weighted by molar-refractivity contribution is 0.399. The molecule has 4 heteroatoms. The zero-order valence-electron chi connectivity index (χ0n) is 10.7. The van der Waals surface area contributed by atoms with E-state index in [0.29, 0.717) is 0 Å². The average Bonchev–Trinajstić information content (AvgIpc) is 2.45. The molecule has 0 N–H and O–H groups in total. The summed E-state index contributed by atoms with van der Waals surface area (Å²) in [6, 6.07) is 13.8. The predicted octanol–water partition coefficient (Wildman–Crippen LogP) is 4.64. The van der Waals surface area contributed by atoms with Gasteiger partial charge in [-0.2, -0.15) is 0 Å². The van der Waals surface area contributed by atoms with Gasteiger partial charge in [-0.3, -0.25) is 0 Å². The third-order valence-corrected chi connectivity index (χ3v) is 4.01. The number of benzene rings is 2. The Morgan fingerprint density at radius 1 is 1.05 bits per heavy atom. The van der Waals surface area contributed by atoms with Crippen LogP contribution in [0.15, 0.2) is 42.5 Å². The number of rotatable bonds is 4. The van der Waals surface area contributed by atoms with Crippen LogP contribution in [-0.2, 0) is 0 Å². The second kappa shape index (κ2) is 6.48. The van der Waals surface area contributed by atoms with Gasteiger partial charge in [0.1, 0.15) is 11.5 Å². The molecule has 2 aromatic carbocycles. The first-order valence-corrected chi connectivity index (χ1v) is 7.28. The SMILES string of the molecule is COc1ccc(OC)c(C(Cl)c2cccc(I)c2)c1. The number of hydrogen-bond donors (Lipinski definition) is 0. The van der Waals surface area contributed by atoms with Gasteiger partial charge in [0.05, 0.1) is 19.6 Å². The molecule has 0 saturated heterocycles. The van der Waals surface area contributed by atoms with Crippen LogP contribution < -0.4 is 9.47 Å². The minimum atomic E-state index is -0.264. The maximum absolute atomic E-state index is 6.58. The third-order valence-electron chi connectivity index (χ3n) is 2.85. The molecule has 1 atom stereocenters. The molecule has 0 aliphatic rings. The third kappa shape index (κ3) is 3.34. The lowest BCUT2D eigenvalue weighted by Gasteiger charge is -2.15. The lowest BCUT2D eigenvalue weighted by atomic mass is 10.0. The van der Waals surface area contributed by atoms with Crippen molar-refractivity contribution in [2.75, 3.05) is 14.2 Å². The van der Waals surface area contributed by atoms with E-state index in [0.717, 1.165) is 26.2 Å². The Balaban J connectivity index is 2.44. The summed E-state index contributed by atoms with van der Waals surface area (Å²) < 4.78 is 11.8. The number of alkyl halides is 1. The van der Waals surface area contributed by atoms with Crippen LogP contribution in [0.2, 0.25) is 0 Å². The van der Waals surface area contributed by atoms with Crippen LogP contribution >= 0.6 is 34.2 Å². The first-order valence-electron chi connectivity index (χ1n) is 5.77. The van der Waals surface area contributed by atoms with Crippen molar-refractivity contribution in [3.63, 3.8) is 0 Å². The minimum absolute atomic E-state index is 0.264. The summed E-state index contributed by atoms with van der Waals surface area (Å²) in [6.07, 6.45) is 0. The summed E-state index contributed by atoms with van der Waals surface area (Å²) >= 11 is 8.85. The van der Waals surface area contributed by atoms with Gasteiger partial charge in [0.2, 0.25) is 0 Å². The molecule has 2 aromatic rings. The highest BCUT2D eigenvalue weighted by Gasteiger charge is 2.17. The summed E-state index contributed by atoms with van der Waals surface area (Å²) in [6.45, 7) is 0. The molecule has 1 unspecified atom stereocenters. The smallest absolute Gasteiger partial charge is 0.124 e. The quantitative estimate of drug-likeness (QED) is 0.561. The molecule has 0 radical (unpaired) electrons. The molecule has 2 rings (SSSR count). The van der Waals surface area contributed by atoms with Gasteiger partial charge in [0.15, 0.2) is 0 Å². The van der Waals surface area contributed by atoms with Crippen LogP contribution in [0.1, 0.15) is 16.5 Å². The van der Waals surface area contributed by atoms with Crippen molar-refractivity contribution in [1.82, 2.24) is 0 Å². The molecule has 100 valence electrons. The van der Waals surface area contributed by atoms with Crippen LogP contribution in [0.25, 0.3) is 0 Å². The predicted molar refractivity (Wildman–Crippen MR) is 86.4 cm³/mol. The number of hydrogen-bond acceptors (Lipinski definition) is 2. The molecule has 0 bridgehead atoms. The van der Waals surface area contributed by atoms with Crippen LogP contribution in [0.3, 0.4) is 0 Å². The second-order valence-electron chi connectivity index (χ2n) is 4.03. The summed E-state index contributed by atoms with van der Waals surface area (Å²) in [4.78, 5) is 0. The maximum Gasteiger partial charge on any atom is 0.124 e. The first kappa shape index (κ1) is 14.5. The van der Waals surface area contributed by atoms with E-state index in [9.17, 15) is 0 Å². The zero-order chi connectivity index (χ0) is 13.8. The fourth-order valence-corrected chi connectivity index (χ4v) is 2.75. The summed E-state index contributed by atoms with van der Waals surface area (Å²) in [5.41, 5.74) is 1.95. The van der Waals surface area contributed by atoms with Gasteiger partial charge in [-0.1, -0.05) is 12.1 Å². The number of methoxy groups -OCH3 is 2. The molecule has 0 spiro atoms. The van der Waals surface area contributed by atoms with Gasteiger partial charge in [-0.15, -0.1) is 11.6 Å². The van der Waals surface area contributed by atoms with Crippen molar-refractivity contribution in [1.29, 1.82) is 0 Å². The second-order valence-corrected chi connectivity index (χ2v) is 5.71. The van der Waals surface area contributed by atoms with E-state index in [1.165, 1.54) is 0 Å². The Kier molecular flexibility index (Phi) is 4.93. The van der Waals surface area contributed by atoms with E-state index in [4.69, 9.17) is 21.1 Å². The number of ether oxygens (including phenoxy) is 2. The normalized spacial score (nSPS) is 12.0. The Morgan fingerprint density at radius 2 is 1.84 bits per heavy atom. The monoisotopic (exact) mass is 388 g/mol. The molecule has 2 nitrogen and oxygen atoms in total. The van der Waals surface area contributed by atoms with E-state index < -0.39 is 0 Å². The molecule has 19 heavy (non-hydrogen) atoms. The molecule has 0 aromatic heterocycles. The van der Waals surface area contributed by atoms with Crippen LogP contribution in [0.5, 0.6) is 11.5 Å². The Labute approximate surface area is 131 Å². The van der Waals surface area contributed by atoms with Gasteiger partial charge >= 0.3 is 0 Å². The van der Waals surface area contributed by atoms with E-state index >= 15 is 0 Å². The minimum Gasteiger partial charge on any atom is -0.497 e. The van der Waals surface area contributed by atoms with E-state index in [1.807, 2.05) is 36.4 Å². The highest BCUT2D eigenvalue weighted by molar-refractivity contribution is 14.1. The van der Waals surface area contributed by atoms with Crippen molar-refractivity contribution in [3.05, 3.63) is 57.2 Å². The topological polar surface area (TPSA) is 18.5 Å². The van der Waals surface area contributed by atoms with Crippen molar-refractivity contribution in [2.45, 2.75) is 5.38 Å². The van der Waals surface area contributed by atoms with Crippen LogP contribution in [-0.4, -0.2) is 14.2 Å². The van der Waals surface area contributed by atoms with Gasteiger partial charge in [-0.05, 0) is 58.5 Å². The zero-order valence-corrected chi connectivity index (χ0v) is 13.6. The lowest BCUT2D eigenvalue weighted by Crippen LogP contribution is -1.98. The van der Waals surface area contributed by atoms with Crippen molar-refractivity contribution in [2.24, 2.45) is 0 Å². The first-order chi connectivity index (χ1) is 9.15. The summed E-state index contributed by atoms with van der Waals surface area (Å²) in [5.74, 6) is 1.53. The fraction of sp³-hybridized carbons (Fsp3) is 0.200. The van der Waals surface area contributed by atoms with E-state index in [2.05, 4.69) is 28.7 Å². The van der Waals surface area contributed by atoms with E-state index in [-0.39, 0.29) is 5.38 Å². The molecule has 0 aliphatic carbocycles. The summed E-state index contributed by atoms with van der Waals surface area (Å²) in [5, 5.41) is -0.264. The van der Waals surface area contributed by atoms with Gasteiger partial charge < -0.3 is 9.47 Å². The highest BCUT2D eigenvalue weighted by Crippen LogP contribution is 2.37. The Morgan fingerprint density at radius 3 is 2.47 bits per heavy atom. The summed E-state index contributed by atoms with van der Waals surface area (Å²) in [7, 11) is 3.28. The van der Waals surface area contributed by atoms with Crippen LogP contribution in [0, 0.1) is 3.57 Å². The molecule has 0 amide bonds. The maximum atomic E-state index is 6.58. The molecule has 0 heterocycles. The fourth-order valence-electron chi connectivity index (χ4n) is 1.88. The van der Waals surface area contributed by atoms with E-state index in [1.54, 1.807) is 14.2 Å². The van der Waals surface area contributed by atoms with Crippen LogP contribution in [0.4, 0.5) is 0 Å². The Hall–Kier alpha value is -0.940. The Bertz CT molecular complexity index is 572. The molecule has 0 aliphatic heterocycles. The van der Waals surface area contributed by atoms with Gasteiger partial charge in [0.25, 0.3) is 0 Å². The molecule has 0 fully saturated rings. The van der Waals surface area contributed by atoms with Crippen molar-refractivity contribution < 1.29 is 9.47 Å². The largest absolute Gasteiger partial charge is 0.497 e. The van der Waals surface area contributed by atoms with Crippen molar-refractivity contribution in [3.8, 4) is 11.5 Å². The standard InChI is InChI=1S/C15H14ClIO2/c1-18-12-6-7-14(19-2)13(9-12)15(16)10-4-3-5-11(17)8-10/h3-9,15H,1-2H3. The van der Waals surface area contributed by atoms with Crippen molar-refractivity contribution >= 4 is 34.2 Å². The van der Waals surface area contributed by atoms with Gasteiger partial charge in [0, 0.05) is 9.13 Å². The average molecular weight is 389 g/mol. The number of halogens is 2. The highest BCUT2D eigenvalue weighted by atomic mass is 127. The van der Waals surface area contributed by atoms with Gasteiger partial charge in [-0.25, -0.2) is 0 Å².